The van der Waals surface area contributed by atoms with E-state index in [0.717, 1.165) is 17.3 Å². The van der Waals surface area contributed by atoms with Crippen molar-refractivity contribution in [3.63, 3.8) is 0 Å². The highest BCUT2D eigenvalue weighted by molar-refractivity contribution is 7.99. The van der Waals surface area contributed by atoms with Crippen LogP contribution in [-0.4, -0.2) is 31.8 Å². The second-order valence-corrected chi connectivity index (χ2v) is 5.82. The van der Waals surface area contributed by atoms with Crippen LogP contribution < -0.4 is 14.8 Å². The van der Waals surface area contributed by atoms with Gasteiger partial charge in [-0.1, -0.05) is 19.4 Å². The van der Waals surface area contributed by atoms with Crippen LogP contribution in [0.5, 0.6) is 11.5 Å². The topological polar surface area (TPSA) is 30.5 Å². The molecule has 0 fully saturated rings. The highest BCUT2D eigenvalue weighted by Gasteiger charge is 2.15. The highest BCUT2D eigenvalue weighted by atomic mass is 32.2. The van der Waals surface area contributed by atoms with E-state index >= 15 is 0 Å². The summed E-state index contributed by atoms with van der Waals surface area (Å²) >= 11 is 2.01. The summed E-state index contributed by atoms with van der Waals surface area (Å²) in [6, 6.07) is 6.63. The first-order valence-corrected chi connectivity index (χ1v) is 8.15. The van der Waals surface area contributed by atoms with E-state index in [2.05, 4.69) is 24.4 Å². The van der Waals surface area contributed by atoms with Crippen LogP contribution in [0.25, 0.3) is 0 Å². The Balaban J connectivity index is 1.97. The van der Waals surface area contributed by atoms with Gasteiger partial charge in [0.1, 0.15) is 13.2 Å². The summed E-state index contributed by atoms with van der Waals surface area (Å²) in [6.07, 6.45) is 2.56. The summed E-state index contributed by atoms with van der Waals surface area (Å²) in [5, 5.41) is 3.38. The monoisotopic (exact) mass is 281 g/mol. The van der Waals surface area contributed by atoms with Gasteiger partial charge in [0, 0.05) is 11.8 Å². The van der Waals surface area contributed by atoms with Crippen molar-refractivity contribution in [1.29, 1.82) is 0 Å². The summed E-state index contributed by atoms with van der Waals surface area (Å²) < 4.78 is 11.2. The van der Waals surface area contributed by atoms with Gasteiger partial charge in [-0.3, -0.25) is 0 Å². The molecule has 1 heterocycles. The van der Waals surface area contributed by atoms with Crippen LogP contribution in [0.1, 0.15) is 31.4 Å². The number of rotatable bonds is 7. The minimum absolute atomic E-state index is 0.373. The quantitative estimate of drug-likeness (QED) is 0.777. The third kappa shape index (κ3) is 4.05. The van der Waals surface area contributed by atoms with E-state index in [1.165, 1.54) is 24.2 Å². The molecule has 1 aliphatic heterocycles. The van der Waals surface area contributed by atoms with E-state index in [9.17, 15) is 0 Å². The van der Waals surface area contributed by atoms with Gasteiger partial charge in [0.2, 0.25) is 0 Å². The van der Waals surface area contributed by atoms with Gasteiger partial charge in [0.05, 0.1) is 0 Å². The molecule has 0 amide bonds. The Morgan fingerprint density at radius 3 is 2.79 bits per heavy atom. The summed E-state index contributed by atoms with van der Waals surface area (Å²) in [6.45, 7) is 3.53. The Labute approximate surface area is 120 Å². The predicted octanol–water partition coefficient (Wildman–Crippen LogP) is 3.25. The first-order chi connectivity index (χ1) is 9.35. The predicted molar refractivity (Wildman–Crippen MR) is 81.5 cm³/mol. The van der Waals surface area contributed by atoms with Crippen LogP contribution in [0.2, 0.25) is 0 Å². The van der Waals surface area contributed by atoms with Crippen LogP contribution in [-0.2, 0) is 0 Å². The number of fused-ring (bicyclic) bond motifs is 1. The molecular weight excluding hydrogens is 258 g/mol. The first kappa shape index (κ1) is 14.5. The van der Waals surface area contributed by atoms with Crippen molar-refractivity contribution >= 4 is 11.8 Å². The molecule has 2 rings (SSSR count). The smallest absolute Gasteiger partial charge is 0.161 e. The molecule has 0 saturated carbocycles. The molecule has 0 saturated heterocycles. The molecule has 1 aromatic carbocycles. The third-order valence-corrected chi connectivity index (χ3v) is 4.39. The Kier molecular flexibility index (Phi) is 5.86. The molecule has 19 heavy (non-hydrogen) atoms. The van der Waals surface area contributed by atoms with Crippen molar-refractivity contribution in [2.24, 2.45) is 0 Å². The fourth-order valence-corrected chi connectivity index (χ4v) is 3.32. The summed E-state index contributed by atoms with van der Waals surface area (Å²) in [5.41, 5.74) is 1.27. The average Bonchev–Trinajstić information content (AvgIpc) is 2.47. The average molecular weight is 281 g/mol. The molecule has 3 nitrogen and oxygen atoms in total. The number of benzene rings is 1. The van der Waals surface area contributed by atoms with E-state index in [0.29, 0.717) is 19.3 Å². The fourth-order valence-electron chi connectivity index (χ4n) is 2.07. The molecule has 0 bridgehead atoms. The second kappa shape index (κ2) is 7.65. The van der Waals surface area contributed by atoms with E-state index in [1.54, 1.807) is 0 Å². The molecule has 1 N–H and O–H groups in total. The summed E-state index contributed by atoms with van der Waals surface area (Å²) in [5.74, 6) is 4.07. The highest BCUT2D eigenvalue weighted by Crippen LogP contribution is 2.33. The van der Waals surface area contributed by atoms with Crippen LogP contribution in [0.3, 0.4) is 0 Å². The zero-order valence-corrected chi connectivity index (χ0v) is 12.6. The Hall–Kier alpha value is -0.870. The first-order valence-electron chi connectivity index (χ1n) is 6.99. The van der Waals surface area contributed by atoms with E-state index in [4.69, 9.17) is 9.47 Å². The van der Waals surface area contributed by atoms with Gasteiger partial charge in [0.25, 0.3) is 0 Å². The maximum Gasteiger partial charge on any atom is 0.161 e. The Morgan fingerprint density at radius 1 is 1.26 bits per heavy atom. The molecule has 0 radical (unpaired) electrons. The number of ether oxygens (including phenoxy) is 2. The zero-order chi connectivity index (χ0) is 13.5. The molecule has 0 spiro atoms. The number of hydrogen-bond donors (Lipinski definition) is 1. The van der Waals surface area contributed by atoms with Crippen molar-refractivity contribution in [1.82, 2.24) is 5.32 Å². The van der Waals surface area contributed by atoms with Crippen LogP contribution >= 0.6 is 11.8 Å². The number of hydrogen-bond acceptors (Lipinski definition) is 4. The molecule has 1 aromatic rings. The molecule has 0 aliphatic carbocycles. The lowest BCUT2D eigenvalue weighted by molar-refractivity contribution is 0.171. The zero-order valence-electron chi connectivity index (χ0n) is 11.8. The molecule has 1 aliphatic rings. The van der Waals surface area contributed by atoms with Gasteiger partial charge in [-0.2, -0.15) is 11.8 Å². The minimum atomic E-state index is 0.373. The van der Waals surface area contributed by atoms with E-state index in [1.807, 2.05) is 24.9 Å². The van der Waals surface area contributed by atoms with Crippen molar-refractivity contribution < 1.29 is 9.47 Å². The molecule has 106 valence electrons. The Bertz CT molecular complexity index is 398. The Morgan fingerprint density at radius 2 is 2.05 bits per heavy atom. The van der Waals surface area contributed by atoms with Crippen molar-refractivity contribution in [2.75, 3.05) is 31.8 Å². The third-order valence-electron chi connectivity index (χ3n) is 3.24. The molecule has 1 atom stereocenters. The second-order valence-electron chi connectivity index (χ2n) is 4.67. The summed E-state index contributed by atoms with van der Waals surface area (Å²) in [4.78, 5) is 0. The lowest BCUT2D eigenvalue weighted by atomic mass is 10.1. The number of unbranched alkanes of at least 4 members (excludes halogenated alkanes) is 1. The normalized spacial score (nSPS) is 15.3. The fraction of sp³-hybridized carbons (Fsp3) is 0.600. The van der Waals surface area contributed by atoms with Gasteiger partial charge in [0.15, 0.2) is 11.5 Å². The molecule has 4 heteroatoms. The van der Waals surface area contributed by atoms with Gasteiger partial charge in [-0.05, 0) is 36.9 Å². The molecule has 1 unspecified atom stereocenters. The maximum atomic E-state index is 5.64. The van der Waals surface area contributed by atoms with Gasteiger partial charge < -0.3 is 14.8 Å². The van der Waals surface area contributed by atoms with Crippen molar-refractivity contribution in [2.45, 2.75) is 25.8 Å². The SMILES string of the molecule is CCCCSCC(NC)c1ccc2c(c1)OCCO2. The van der Waals surface area contributed by atoms with Crippen molar-refractivity contribution in [3.8, 4) is 11.5 Å². The van der Waals surface area contributed by atoms with Gasteiger partial charge in [-0.25, -0.2) is 0 Å². The van der Waals surface area contributed by atoms with Crippen LogP contribution in [0.15, 0.2) is 18.2 Å². The van der Waals surface area contributed by atoms with Crippen molar-refractivity contribution in [3.05, 3.63) is 23.8 Å². The lowest BCUT2D eigenvalue weighted by Gasteiger charge is -2.22. The maximum absolute atomic E-state index is 5.64. The van der Waals surface area contributed by atoms with Gasteiger partial charge in [-0.15, -0.1) is 0 Å². The number of nitrogens with one attached hydrogen (secondary N) is 1. The lowest BCUT2D eigenvalue weighted by Crippen LogP contribution is -2.20. The number of thioether (sulfide) groups is 1. The molecular formula is C15H23NO2S. The minimum Gasteiger partial charge on any atom is -0.486 e. The van der Waals surface area contributed by atoms with E-state index < -0.39 is 0 Å². The molecule has 0 aromatic heterocycles. The van der Waals surface area contributed by atoms with Crippen LogP contribution in [0.4, 0.5) is 0 Å². The van der Waals surface area contributed by atoms with Gasteiger partial charge >= 0.3 is 0 Å². The van der Waals surface area contributed by atoms with Crippen LogP contribution in [0, 0.1) is 0 Å². The summed E-state index contributed by atoms with van der Waals surface area (Å²) in [7, 11) is 2.02. The standard InChI is InChI=1S/C15H23NO2S/c1-3-4-9-19-11-13(16-2)12-5-6-14-15(10-12)18-8-7-17-14/h5-6,10,13,16H,3-4,7-9,11H2,1-2H3. The van der Waals surface area contributed by atoms with E-state index in [-0.39, 0.29) is 0 Å². The largest absolute Gasteiger partial charge is 0.486 e.